The van der Waals surface area contributed by atoms with Crippen LogP contribution in [0.15, 0.2) is 61.1 Å². The fourth-order valence-corrected chi connectivity index (χ4v) is 5.96. The van der Waals surface area contributed by atoms with E-state index in [0.29, 0.717) is 17.6 Å². The lowest BCUT2D eigenvalue weighted by Gasteiger charge is -2.45. The number of benzene rings is 2. The van der Waals surface area contributed by atoms with Crippen LogP contribution in [0, 0.1) is 23.5 Å². The van der Waals surface area contributed by atoms with Crippen molar-refractivity contribution in [3.05, 3.63) is 72.7 Å². The smallest absolute Gasteiger partial charge is 0.404 e. The third-order valence-corrected chi connectivity index (χ3v) is 8.09. The zero-order valence-electron chi connectivity index (χ0n) is 20.5. The molecule has 0 spiro atoms. The van der Waals surface area contributed by atoms with Crippen LogP contribution >= 0.6 is 15.6 Å². The SMILES string of the molecule is Nc1ncc2ncn(C3CC(COP(=O)(O)Oc4cccc(F)c4)C3COP(=O)(O)Oc3cccc(F)c3)c2n1. The number of nitrogens with two attached hydrogens (primary N) is 1. The average molecular weight is 597 g/mol. The lowest BCUT2D eigenvalue weighted by Crippen LogP contribution is -2.43. The van der Waals surface area contributed by atoms with Gasteiger partial charge in [0, 0.05) is 24.1 Å². The van der Waals surface area contributed by atoms with Crippen molar-refractivity contribution in [3.8, 4) is 11.5 Å². The van der Waals surface area contributed by atoms with Crippen molar-refractivity contribution in [2.45, 2.75) is 12.5 Å². The summed E-state index contributed by atoms with van der Waals surface area (Å²) in [6, 6.07) is 8.93. The Labute approximate surface area is 225 Å². The Morgan fingerprint density at radius 3 is 2.15 bits per heavy atom. The van der Waals surface area contributed by atoms with E-state index in [4.69, 9.17) is 23.8 Å². The normalized spacial score (nSPS) is 21.8. The molecule has 4 N–H and O–H groups in total. The van der Waals surface area contributed by atoms with Crippen molar-refractivity contribution < 1.29 is 45.8 Å². The molecule has 5 rings (SSSR count). The second kappa shape index (κ2) is 11.2. The van der Waals surface area contributed by atoms with Crippen molar-refractivity contribution in [2.75, 3.05) is 18.9 Å². The molecule has 2 aromatic carbocycles. The van der Waals surface area contributed by atoms with Crippen LogP contribution in [0.3, 0.4) is 0 Å². The van der Waals surface area contributed by atoms with E-state index in [1.165, 1.54) is 36.8 Å². The molecule has 1 fully saturated rings. The first kappa shape index (κ1) is 28.1. The van der Waals surface area contributed by atoms with Crippen LogP contribution in [0.25, 0.3) is 11.2 Å². The topological polar surface area (TPSA) is 181 Å². The summed E-state index contributed by atoms with van der Waals surface area (Å²) in [7, 11) is -9.35. The Kier molecular flexibility index (Phi) is 7.87. The third kappa shape index (κ3) is 6.64. The highest BCUT2D eigenvalue weighted by atomic mass is 31.2. The molecule has 5 unspecified atom stereocenters. The van der Waals surface area contributed by atoms with Gasteiger partial charge in [0.1, 0.15) is 28.7 Å². The zero-order valence-corrected chi connectivity index (χ0v) is 22.3. The van der Waals surface area contributed by atoms with Gasteiger partial charge in [-0.3, -0.25) is 18.8 Å². The fraction of sp³-hybridized carbons (Fsp3) is 0.261. The summed E-state index contributed by atoms with van der Waals surface area (Å²) in [5.41, 5.74) is 6.59. The van der Waals surface area contributed by atoms with Crippen molar-refractivity contribution in [1.29, 1.82) is 0 Å². The molecule has 0 radical (unpaired) electrons. The largest absolute Gasteiger partial charge is 0.527 e. The van der Waals surface area contributed by atoms with Crippen LogP contribution in [-0.2, 0) is 18.2 Å². The summed E-state index contributed by atoms with van der Waals surface area (Å²) >= 11 is 0. The van der Waals surface area contributed by atoms with Gasteiger partial charge < -0.3 is 19.3 Å². The molecule has 0 aliphatic heterocycles. The number of fused-ring (bicyclic) bond motifs is 1. The van der Waals surface area contributed by atoms with Gasteiger partial charge in [-0.1, -0.05) is 12.1 Å². The zero-order chi connectivity index (χ0) is 28.5. The van der Waals surface area contributed by atoms with E-state index >= 15 is 0 Å². The molecular formula is C23H23F2N5O8P2. The summed E-state index contributed by atoms with van der Waals surface area (Å²) in [5, 5.41) is 0. The molecule has 5 atom stereocenters. The fourth-order valence-electron chi connectivity index (χ4n) is 4.36. The number of aromatic nitrogens is 4. The van der Waals surface area contributed by atoms with Gasteiger partial charge in [-0.25, -0.2) is 27.9 Å². The van der Waals surface area contributed by atoms with Gasteiger partial charge in [0.25, 0.3) is 0 Å². The predicted molar refractivity (Wildman–Crippen MR) is 136 cm³/mol. The van der Waals surface area contributed by atoms with Crippen LogP contribution in [0.4, 0.5) is 14.7 Å². The molecule has 1 saturated carbocycles. The molecule has 1 aliphatic rings. The van der Waals surface area contributed by atoms with Crippen LogP contribution < -0.4 is 14.8 Å². The number of halogens is 2. The Morgan fingerprint density at radius 1 is 0.950 bits per heavy atom. The maximum atomic E-state index is 13.5. The maximum Gasteiger partial charge on any atom is 0.527 e. The summed E-state index contributed by atoms with van der Waals surface area (Å²) in [6.07, 6.45) is 3.31. The Balaban J connectivity index is 1.31. The van der Waals surface area contributed by atoms with Crippen molar-refractivity contribution in [2.24, 2.45) is 11.8 Å². The van der Waals surface area contributed by atoms with Gasteiger partial charge in [-0.2, -0.15) is 4.98 Å². The van der Waals surface area contributed by atoms with E-state index in [1.807, 2.05) is 0 Å². The maximum absolute atomic E-state index is 13.5. The number of rotatable bonds is 11. The minimum absolute atomic E-state index is 0.0142. The molecule has 2 aromatic heterocycles. The molecule has 212 valence electrons. The molecule has 40 heavy (non-hydrogen) atoms. The van der Waals surface area contributed by atoms with Crippen LogP contribution in [0.1, 0.15) is 12.5 Å². The molecule has 13 nitrogen and oxygen atoms in total. The Hall–Kier alpha value is -3.45. The average Bonchev–Trinajstić information content (AvgIpc) is 3.25. The number of hydrogen-bond acceptors (Lipinski definition) is 10. The minimum atomic E-state index is -4.70. The van der Waals surface area contributed by atoms with Crippen LogP contribution in [0.5, 0.6) is 11.5 Å². The standard InChI is InChI=1S/C23H23F2N5O8P2/c24-15-3-1-5-17(8-15)37-39(31,32)35-11-14-7-21(30-13-28-20-10-27-23(26)29-22(20)30)19(14)12-36-40(33,34)38-18-6-2-4-16(25)9-18/h1-6,8-10,13-14,19,21H,7,11-12H2,(H,31,32)(H,33,34)(H2,26,27,29). The van der Waals surface area contributed by atoms with E-state index in [2.05, 4.69) is 15.0 Å². The molecule has 4 aromatic rings. The van der Waals surface area contributed by atoms with E-state index in [9.17, 15) is 27.7 Å². The minimum Gasteiger partial charge on any atom is -0.404 e. The molecule has 2 heterocycles. The number of phosphoric ester groups is 2. The Morgan fingerprint density at radius 2 is 1.55 bits per heavy atom. The van der Waals surface area contributed by atoms with Gasteiger partial charge in [0.05, 0.1) is 25.7 Å². The van der Waals surface area contributed by atoms with Crippen LogP contribution in [0.2, 0.25) is 0 Å². The summed E-state index contributed by atoms with van der Waals surface area (Å²) in [5.74, 6) is -2.76. The van der Waals surface area contributed by atoms with Crippen molar-refractivity contribution in [3.63, 3.8) is 0 Å². The third-order valence-electron chi connectivity index (χ3n) is 6.25. The second-order valence-corrected chi connectivity index (χ2v) is 11.7. The quantitative estimate of drug-likeness (QED) is 0.209. The first-order valence-corrected chi connectivity index (χ1v) is 14.8. The van der Waals surface area contributed by atoms with E-state index in [1.54, 1.807) is 4.57 Å². The number of phosphoric acid groups is 2. The highest BCUT2D eigenvalue weighted by Crippen LogP contribution is 2.52. The number of nitrogens with zero attached hydrogens (tertiary/aromatic N) is 4. The lowest BCUT2D eigenvalue weighted by molar-refractivity contribution is -0.00445. The van der Waals surface area contributed by atoms with Gasteiger partial charge in [-0.05, 0) is 36.6 Å². The van der Waals surface area contributed by atoms with Crippen molar-refractivity contribution >= 4 is 32.8 Å². The molecule has 1 aliphatic carbocycles. The number of anilines is 1. The van der Waals surface area contributed by atoms with Crippen LogP contribution in [-0.4, -0.2) is 42.5 Å². The van der Waals surface area contributed by atoms with Gasteiger partial charge in [0.2, 0.25) is 5.95 Å². The van der Waals surface area contributed by atoms with Crippen molar-refractivity contribution in [1.82, 2.24) is 19.5 Å². The second-order valence-electron chi connectivity index (χ2n) is 8.94. The molecule has 17 heteroatoms. The van der Waals surface area contributed by atoms with Gasteiger partial charge in [-0.15, -0.1) is 0 Å². The van der Waals surface area contributed by atoms with Gasteiger partial charge >= 0.3 is 15.6 Å². The van der Waals surface area contributed by atoms with E-state index < -0.39 is 45.2 Å². The van der Waals surface area contributed by atoms with Gasteiger partial charge in [0.15, 0.2) is 5.65 Å². The molecular weight excluding hydrogens is 574 g/mol. The first-order chi connectivity index (χ1) is 19.0. The monoisotopic (exact) mass is 597 g/mol. The number of imidazole rings is 1. The van der Waals surface area contributed by atoms with E-state index in [0.717, 1.165) is 24.3 Å². The number of nitrogen functional groups attached to an aromatic ring is 1. The number of hydrogen-bond donors (Lipinski definition) is 3. The van der Waals surface area contributed by atoms with E-state index in [-0.39, 0.29) is 30.7 Å². The molecule has 0 bridgehead atoms. The molecule has 0 saturated heterocycles. The highest BCUT2D eigenvalue weighted by molar-refractivity contribution is 7.48. The lowest BCUT2D eigenvalue weighted by atomic mass is 9.70. The summed E-state index contributed by atoms with van der Waals surface area (Å²) < 4.78 is 74.0. The highest BCUT2D eigenvalue weighted by Gasteiger charge is 2.45. The summed E-state index contributed by atoms with van der Waals surface area (Å²) in [6.45, 7) is -0.666. The Bertz CT molecular complexity index is 1630. The summed E-state index contributed by atoms with van der Waals surface area (Å²) in [4.78, 5) is 32.8. The molecule has 0 amide bonds. The predicted octanol–water partition coefficient (Wildman–Crippen LogP) is 4.26. The first-order valence-electron chi connectivity index (χ1n) is 11.8.